The first-order valence-electron chi connectivity index (χ1n) is 11.7. The zero-order valence-corrected chi connectivity index (χ0v) is 19.1. The van der Waals surface area contributed by atoms with Gasteiger partial charge in [0.1, 0.15) is 0 Å². The Balaban J connectivity index is 1.68. The van der Waals surface area contributed by atoms with E-state index in [2.05, 4.69) is 60.5 Å². The standard InChI is InChI=1S/C28H37NO2/c1-3-4-5-6-7-8-9-10-11-24-12-14-25(15-13-24)21-29-22-26-16-18-27(19-17-26)23(2)20-28(30)31/h12-19,23,29H,3-9,20-22H2,1-2H3,(H,30,31). The number of nitrogens with one attached hydrogen (secondary N) is 1. The largest absolute Gasteiger partial charge is 0.481 e. The molecule has 2 aromatic rings. The molecule has 0 saturated heterocycles. The number of rotatable bonds is 13. The Bertz CT molecular complexity index is 828. The zero-order valence-electron chi connectivity index (χ0n) is 19.1. The monoisotopic (exact) mass is 419 g/mol. The zero-order chi connectivity index (χ0) is 22.3. The maximum Gasteiger partial charge on any atom is 0.303 e. The molecule has 2 aromatic carbocycles. The molecule has 0 saturated carbocycles. The topological polar surface area (TPSA) is 49.3 Å². The number of carbonyl (C=O) groups is 1. The van der Waals surface area contributed by atoms with Gasteiger partial charge in [-0.15, -0.1) is 0 Å². The molecule has 0 spiro atoms. The number of unbranched alkanes of at least 4 members (excludes halogenated alkanes) is 6. The molecule has 0 bridgehead atoms. The summed E-state index contributed by atoms with van der Waals surface area (Å²) in [5.41, 5.74) is 4.59. The van der Waals surface area contributed by atoms with Gasteiger partial charge < -0.3 is 10.4 Å². The fourth-order valence-corrected chi connectivity index (χ4v) is 3.56. The van der Waals surface area contributed by atoms with Crippen molar-refractivity contribution in [3.8, 4) is 11.8 Å². The molecule has 0 aliphatic rings. The second kappa shape index (κ2) is 14.4. The van der Waals surface area contributed by atoms with Crippen molar-refractivity contribution in [2.75, 3.05) is 0 Å². The number of carboxylic acids is 1. The number of hydrogen-bond donors (Lipinski definition) is 2. The van der Waals surface area contributed by atoms with E-state index in [1.54, 1.807) is 0 Å². The second-order valence-electron chi connectivity index (χ2n) is 8.36. The summed E-state index contributed by atoms with van der Waals surface area (Å²) in [6.45, 7) is 5.79. The molecule has 0 fully saturated rings. The predicted molar refractivity (Wildman–Crippen MR) is 129 cm³/mol. The van der Waals surface area contributed by atoms with Gasteiger partial charge in [0.05, 0.1) is 6.42 Å². The first-order valence-corrected chi connectivity index (χ1v) is 11.7. The predicted octanol–water partition coefficient (Wildman–Crippen LogP) is 6.66. The number of carboxylic acid groups (broad SMARTS) is 1. The highest BCUT2D eigenvalue weighted by molar-refractivity contribution is 5.67. The molecule has 3 heteroatoms. The van der Waals surface area contributed by atoms with Crippen LogP contribution in [-0.4, -0.2) is 11.1 Å². The van der Waals surface area contributed by atoms with Crippen molar-refractivity contribution in [3.63, 3.8) is 0 Å². The molecule has 2 rings (SSSR count). The van der Waals surface area contributed by atoms with Gasteiger partial charge in [-0.1, -0.05) is 94.2 Å². The first-order chi connectivity index (χ1) is 15.1. The van der Waals surface area contributed by atoms with Crippen molar-refractivity contribution in [2.24, 2.45) is 0 Å². The summed E-state index contributed by atoms with van der Waals surface area (Å²) in [6.07, 6.45) is 9.00. The van der Waals surface area contributed by atoms with Gasteiger partial charge in [-0.05, 0) is 41.2 Å². The molecule has 166 valence electrons. The Hall–Kier alpha value is -2.57. The molecule has 2 N–H and O–H groups in total. The van der Waals surface area contributed by atoms with Crippen molar-refractivity contribution in [3.05, 3.63) is 70.8 Å². The van der Waals surface area contributed by atoms with E-state index < -0.39 is 5.97 Å². The highest BCUT2D eigenvalue weighted by atomic mass is 16.4. The molecule has 0 radical (unpaired) electrons. The van der Waals surface area contributed by atoms with Gasteiger partial charge in [0.2, 0.25) is 0 Å². The molecule has 0 amide bonds. The number of benzene rings is 2. The summed E-state index contributed by atoms with van der Waals surface area (Å²) >= 11 is 0. The van der Waals surface area contributed by atoms with Crippen molar-refractivity contribution < 1.29 is 9.90 Å². The minimum absolute atomic E-state index is 0.0342. The Kier molecular flexibility index (Phi) is 11.5. The SMILES string of the molecule is CCCCCCCCC#Cc1ccc(CNCc2ccc(C(C)CC(=O)O)cc2)cc1. The lowest BCUT2D eigenvalue weighted by Gasteiger charge is -2.10. The van der Waals surface area contributed by atoms with E-state index in [1.165, 1.54) is 49.7 Å². The smallest absolute Gasteiger partial charge is 0.303 e. The molecule has 0 aromatic heterocycles. The highest BCUT2D eigenvalue weighted by Gasteiger charge is 2.09. The van der Waals surface area contributed by atoms with E-state index in [-0.39, 0.29) is 12.3 Å². The summed E-state index contributed by atoms with van der Waals surface area (Å²) in [5.74, 6) is 5.85. The summed E-state index contributed by atoms with van der Waals surface area (Å²) in [4.78, 5) is 10.8. The van der Waals surface area contributed by atoms with Crippen LogP contribution in [0.15, 0.2) is 48.5 Å². The molecular formula is C28H37NO2. The number of aliphatic carboxylic acids is 1. The average molecular weight is 420 g/mol. The van der Waals surface area contributed by atoms with Crippen molar-refractivity contribution in [2.45, 2.75) is 84.2 Å². The minimum atomic E-state index is -0.756. The van der Waals surface area contributed by atoms with E-state index >= 15 is 0 Å². The fraction of sp³-hybridized carbons (Fsp3) is 0.464. The Labute approximate surface area is 188 Å². The highest BCUT2D eigenvalue weighted by Crippen LogP contribution is 2.19. The Morgan fingerprint density at radius 2 is 1.48 bits per heavy atom. The molecular weight excluding hydrogens is 382 g/mol. The Morgan fingerprint density at radius 3 is 2.10 bits per heavy atom. The van der Waals surface area contributed by atoms with Gasteiger partial charge in [-0.25, -0.2) is 0 Å². The summed E-state index contributed by atoms with van der Waals surface area (Å²) in [6, 6.07) is 16.7. The molecule has 1 atom stereocenters. The van der Waals surface area contributed by atoms with Gasteiger partial charge in [0.25, 0.3) is 0 Å². The second-order valence-corrected chi connectivity index (χ2v) is 8.36. The van der Waals surface area contributed by atoms with Crippen molar-refractivity contribution >= 4 is 5.97 Å². The van der Waals surface area contributed by atoms with E-state index in [0.29, 0.717) is 0 Å². The van der Waals surface area contributed by atoms with Crippen LogP contribution in [0.1, 0.15) is 93.4 Å². The molecule has 0 aliphatic carbocycles. The van der Waals surface area contributed by atoms with Crippen LogP contribution in [0, 0.1) is 11.8 Å². The van der Waals surface area contributed by atoms with Crippen LogP contribution in [0.4, 0.5) is 0 Å². The van der Waals surface area contributed by atoms with Crippen LogP contribution in [-0.2, 0) is 17.9 Å². The van der Waals surface area contributed by atoms with Gasteiger partial charge >= 0.3 is 5.97 Å². The van der Waals surface area contributed by atoms with E-state index in [9.17, 15) is 4.79 Å². The van der Waals surface area contributed by atoms with Crippen molar-refractivity contribution in [1.29, 1.82) is 0 Å². The maximum absolute atomic E-state index is 10.8. The first kappa shape index (κ1) is 24.7. The molecule has 31 heavy (non-hydrogen) atoms. The van der Waals surface area contributed by atoms with E-state index in [0.717, 1.165) is 30.6 Å². The molecule has 0 heterocycles. The van der Waals surface area contributed by atoms with Crippen LogP contribution in [0.25, 0.3) is 0 Å². The van der Waals surface area contributed by atoms with Crippen LogP contribution >= 0.6 is 0 Å². The Morgan fingerprint density at radius 1 is 0.903 bits per heavy atom. The molecule has 1 unspecified atom stereocenters. The average Bonchev–Trinajstić information content (AvgIpc) is 2.76. The third kappa shape index (κ3) is 10.3. The van der Waals surface area contributed by atoms with Gasteiger partial charge in [-0.3, -0.25) is 4.79 Å². The van der Waals surface area contributed by atoms with Crippen molar-refractivity contribution in [1.82, 2.24) is 5.32 Å². The quantitative estimate of drug-likeness (QED) is 0.282. The maximum atomic E-state index is 10.8. The fourth-order valence-electron chi connectivity index (χ4n) is 3.56. The van der Waals surface area contributed by atoms with E-state index in [4.69, 9.17) is 5.11 Å². The molecule has 3 nitrogen and oxygen atoms in total. The van der Waals surface area contributed by atoms with Crippen LogP contribution in [0.3, 0.4) is 0 Å². The normalized spacial score (nSPS) is 11.5. The van der Waals surface area contributed by atoms with Crippen LogP contribution in [0.2, 0.25) is 0 Å². The molecule has 0 aliphatic heterocycles. The van der Waals surface area contributed by atoms with Crippen LogP contribution in [0.5, 0.6) is 0 Å². The van der Waals surface area contributed by atoms with Gasteiger partial charge in [0, 0.05) is 25.1 Å². The van der Waals surface area contributed by atoms with E-state index in [1.807, 2.05) is 19.1 Å². The lowest BCUT2D eigenvalue weighted by molar-refractivity contribution is -0.137. The summed E-state index contributed by atoms with van der Waals surface area (Å²) in [7, 11) is 0. The third-order valence-corrected chi connectivity index (χ3v) is 5.53. The summed E-state index contributed by atoms with van der Waals surface area (Å²) < 4.78 is 0. The van der Waals surface area contributed by atoms with Gasteiger partial charge in [0.15, 0.2) is 0 Å². The number of hydrogen-bond acceptors (Lipinski definition) is 2. The lowest BCUT2D eigenvalue weighted by Crippen LogP contribution is -2.12. The summed E-state index contributed by atoms with van der Waals surface area (Å²) in [5, 5.41) is 12.4. The minimum Gasteiger partial charge on any atom is -0.481 e. The lowest BCUT2D eigenvalue weighted by atomic mass is 9.97. The van der Waals surface area contributed by atoms with Crippen LogP contribution < -0.4 is 5.32 Å². The van der Waals surface area contributed by atoms with Gasteiger partial charge in [-0.2, -0.15) is 0 Å². The third-order valence-electron chi connectivity index (χ3n) is 5.53.